The van der Waals surface area contributed by atoms with Crippen LogP contribution in [0.25, 0.3) is 151 Å². The van der Waals surface area contributed by atoms with Gasteiger partial charge in [0.15, 0.2) is 0 Å². The Kier molecular flexibility index (Phi) is 43.5. The molecule has 0 amide bonds. The second-order valence-electron chi connectivity index (χ2n) is 27.4. The van der Waals surface area contributed by atoms with Crippen molar-refractivity contribution in [3.63, 3.8) is 0 Å². The maximum absolute atomic E-state index is 5.65. The Morgan fingerprint density at radius 3 is 0.628 bits per heavy atom. The summed E-state index contributed by atoms with van der Waals surface area (Å²) in [6, 6.07) is 117. The number of aromatic nitrogens is 5. The molecule has 7 aromatic heterocycles. The molecular formula is C112H139N7OS. The van der Waals surface area contributed by atoms with Crippen LogP contribution < -0.4 is 0 Å². The highest BCUT2D eigenvalue weighted by Gasteiger charge is 2.16. The second kappa shape index (κ2) is 52.8. The average molecular weight is 1630 g/mol. The molecule has 21 rings (SSSR count). The van der Waals surface area contributed by atoms with Gasteiger partial charge in [0, 0.05) is 164 Å². The first-order valence-electron chi connectivity index (χ1n) is 43.7. The molecule has 0 radical (unpaired) electrons. The van der Waals surface area contributed by atoms with Gasteiger partial charge in [-0.05, 0) is 134 Å². The van der Waals surface area contributed by atoms with Crippen molar-refractivity contribution in [3.8, 4) is 0 Å². The van der Waals surface area contributed by atoms with Crippen molar-refractivity contribution in [1.82, 2.24) is 32.6 Å². The zero-order valence-corrected chi connectivity index (χ0v) is 79.0. The van der Waals surface area contributed by atoms with Crippen molar-refractivity contribution in [2.24, 2.45) is 35.2 Å². The fraction of sp³-hybridized carbons (Fsp3) is 0.250. The lowest BCUT2D eigenvalue weighted by Gasteiger charge is -2.00. The van der Waals surface area contributed by atoms with E-state index < -0.39 is 0 Å². The van der Waals surface area contributed by atoms with Crippen LogP contribution in [0.15, 0.2) is 338 Å². The molecule has 0 aliphatic carbocycles. The number of fused-ring (bicyclic) bond motifs is 21. The Labute approximate surface area is 729 Å². The van der Waals surface area contributed by atoms with E-state index in [4.69, 9.17) is 4.42 Å². The second-order valence-corrected chi connectivity index (χ2v) is 28.4. The lowest BCUT2D eigenvalue weighted by atomic mass is 10.1. The van der Waals surface area contributed by atoms with E-state index in [9.17, 15) is 0 Å². The number of nitrogens with zero attached hydrogens (tertiary/aromatic N) is 7. The summed E-state index contributed by atoms with van der Waals surface area (Å²) in [5, 5.41) is 18.5. The summed E-state index contributed by atoms with van der Waals surface area (Å²) in [6.45, 7) is 34.1. The van der Waals surface area contributed by atoms with Gasteiger partial charge >= 0.3 is 0 Å². The van der Waals surface area contributed by atoms with E-state index in [1.165, 1.54) is 146 Å². The minimum Gasteiger partial charge on any atom is -0.456 e. The van der Waals surface area contributed by atoms with Crippen molar-refractivity contribution >= 4 is 162 Å². The van der Waals surface area contributed by atoms with E-state index in [0.29, 0.717) is 0 Å². The third kappa shape index (κ3) is 25.1. The van der Waals surface area contributed by atoms with Gasteiger partial charge in [0.1, 0.15) is 11.2 Å². The number of benzene rings is 14. The van der Waals surface area contributed by atoms with Gasteiger partial charge in [0.2, 0.25) is 0 Å². The molecule has 0 spiro atoms. The predicted octanol–water partition coefficient (Wildman–Crippen LogP) is 33.2. The van der Waals surface area contributed by atoms with E-state index >= 15 is 0 Å². The normalized spacial score (nSPS) is 9.97. The molecule has 0 saturated carbocycles. The maximum atomic E-state index is 5.65. The fourth-order valence-corrected chi connectivity index (χ4v) is 15.1. The molecule has 0 aliphatic heterocycles. The molecule has 0 saturated heterocycles. The van der Waals surface area contributed by atoms with Crippen LogP contribution in [0, 0.1) is 6.92 Å². The quantitative estimate of drug-likeness (QED) is 0.152. The highest BCUT2D eigenvalue weighted by atomic mass is 32.1. The van der Waals surface area contributed by atoms with E-state index in [2.05, 4.69) is 308 Å². The zero-order chi connectivity index (χ0) is 89.1. The van der Waals surface area contributed by atoms with E-state index in [1.807, 2.05) is 265 Å². The third-order valence-corrected chi connectivity index (χ3v) is 20.0. The number of hydrogen-bond donors (Lipinski definition) is 0. The molecule has 14 aromatic carbocycles. The van der Waals surface area contributed by atoms with Gasteiger partial charge in [0.25, 0.3) is 0 Å². The van der Waals surface area contributed by atoms with Gasteiger partial charge in [-0.25, -0.2) is 0 Å². The van der Waals surface area contributed by atoms with Crippen LogP contribution in [0.5, 0.6) is 0 Å². The van der Waals surface area contributed by atoms with Gasteiger partial charge in [0.05, 0.1) is 11.0 Å². The topological polar surface area (TPSA) is 44.3 Å². The Morgan fingerprint density at radius 2 is 0.372 bits per heavy atom. The first-order valence-corrected chi connectivity index (χ1v) is 44.5. The van der Waals surface area contributed by atoms with Crippen LogP contribution in [0.2, 0.25) is 0 Å². The SMILES string of the molecule is CC.CC.CC.CC.CC.CC.CC.CC.CN(C)C.CN(C)C.Cc1ccccc1.Cn1c2ccccc2c2cc3c(cc21)c1ccccc1n3C.Cn1c2ccccc2c2cc3c4ccccc4n(C)c3cc21.Cn1c2ccccc2c2ccccc21.c1ccc2c(c1)oc1ccccc12.c1ccc2c(c1)sc1ccccc12.c1ccccc1. The van der Waals surface area contributed by atoms with Gasteiger partial charge < -0.3 is 37.1 Å². The minimum atomic E-state index is 0.962. The fourth-order valence-electron chi connectivity index (χ4n) is 14.0. The highest BCUT2D eigenvalue weighted by molar-refractivity contribution is 7.25. The number of furan rings is 1. The lowest BCUT2D eigenvalue weighted by Crippen LogP contribution is -1.99. The summed E-state index contributed by atoms with van der Waals surface area (Å²) >= 11 is 1.86. The highest BCUT2D eigenvalue weighted by Crippen LogP contribution is 2.39. The van der Waals surface area contributed by atoms with Crippen LogP contribution in [-0.2, 0) is 35.2 Å². The summed E-state index contributed by atoms with van der Waals surface area (Å²) in [4.78, 5) is 4.00. The molecule has 21 aromatic rings. The standard InChI is InChI=1S/2C20H16N2.C13H11N.C12H8O.C12H8S.C7H8.C6H6.2C3H9N.8C2H6/c1-21-17-9-5-3-7-13(17)15-12-20-16(11-19(15)21)14-8-4-6-10-18(14)22(20)2;1-21-17-9-5-3-7-13(17)15-11-16-14-8-4-6-10-18(14)22(2)20(16)12-19(15)21;1-14-12-8-4-2-6-10(12)11-7-3-5-9-13(11)14;2*1-3-7-11-9(5-1)10-6-2-4-8-12(10)13-11;1-7-5-3-2-4-6-7;1-2-4-6-5-3-1;2*1-4(2)3;8*1-2/h2*3-12H,1-2H3;2-9H,1H3;2*1-8H;2-6H,1H3;1-6H;2*1-3H3;8*1-2H3. The Hall–Kier alpha value is -12.0. The van der Waals surface area contributed by atoms with Gasteiger partial charge in [-0.3, -0.25) is 0 Å². The van der Waals surface area contributed by atoms with Crippen LogP contribution >= 0.6 is 11.3 Å². The van der Waals surface area contributed by atoms with Crippen molar-refractivity contribution in [2.45, 2.75) is 118 Å². The van der Waals surface area contributed by atoms with Crippen molar-refractivity contribution < 1.29 is 4.42 Å². The number of thiophene rings is 1. The Morgan fingerprint density at radius 1 is 0.190 bits per heavy atom. The van der Waals surface area contributed by atoms with Crippen molar-refractivity contribution in [1.29, 1.82) is 0 Å². The average Bonchev–Trinajstić information content (AvgIpc) is 1.58. The summed E-state index contributed by atoms with van der Waals surface area (Å²) in [6.07, 6.45) is 0. The van der Waals surface area contributed by atoms with E-state index in [0.717, 1.165) is 11.2 Å². The molecule has 0 fully saturated rings. The number of para-hydroxylation sites is 8. The Balaban J connectivity index is 0.000000247. The molecule has 9 heteroatoms. The minimum absolute atomic E-state index is 0.962. The van der Waals surface area contributed by atoms with Crippen LogP contribution in [0.3, 0.4) is 0 Å². The third-order valence-electron chi connectivity index (χ3n) is 18.9. The van der Waals surface area contributed by atoms with Crippen molar-refractivity contribution in [3.05, 3.63) is 339 Å². The summed E-state index contributed by atoms with van der Waals surface area (Å²) in [5.74, 6) is 0. The first kappa shape index (κ1) is 99.6. The monoisotopic (exact) mass is 1630 g/mol. The summed E-state index contributed by atoms with van der Waals surface area (Å²) < 4.78 is 19.8. The van der Waals surface area contributed by atoms with Crippen LogP contribution in [0.4, 0.5) is 0 Å². The van der Waals surface area contributed by atoms with Crippen molar-refractivity contribution in [2.75, 3.05) is 42.3 Å². The Bertz CT molecular complexity index is 5980. The zero-order valence-electron chi connectivity index (χ0n) is 78.2. The number of aryl methyl sites for hydroxylation is 6. The molecule has 634 valence electrons. The molecule has 0 bridgehead atoms. The maximum Gasteiger partial charge on any atom is 0.135 e. The summed E-state index contributed by atoms with van der Waals surface area (Å²) in [5.41, 5.74) is 16.2. The van der Waals surface area contributed by atoms with Crippen LogP contribution in [-0.4, -0.2) is 74.9 Å². The van der Waals surface area contributed by atoms with Gasteiger partial charge in [-0.2, -0.15) is 0 Å². The molecule has 0 unspecified atom stereocenters. The smallest absolute Gasteiger partial charge is 0.135 e. The molecule has 121 heavy (non-hydrogen) atoms. The first-order chi connectivity index (χ1) is 59.1. The van der Waals surface area contributed by atoms with E-state index in [1.54, 1.807) is 0 Å². The molecule has 0 atom stereocenters. The lowest BCUT2D eigenvalue weighted by molar-refractivity contribution is 0.505. The van der Waals surface area contributed by atoms with Gasteiger partial charge in [-0.15, -0.1) is 11.3 Å². The number of hydrogen-bond acceptors (Lipinski definition) is 4. The largest absolute Gasteiger partial charge is 0.456 e. The van der Waals surface area contributed by atoms with Crippen LogP contribution in [0.1, 0.15) is 116 Å². The molecule has 8 nitrogen and oxygen atoms in total. The molecule has 0 N–H and O–H groups in total. The van der Waals surface area contributed by atoms with E-state index in [-0.39, 0.29) is 0 Å². The van der Waals surface area contributed by atoms with Gasteiger partial charge in [-0.1, -0.05) is 365 Å². The molecular weight excluding hydrogens is 1490 g/mol. The molecule has 0 aliphatic rings. The number of rotatable bonds is 0. The molecule has 7 heterocycles. The predicted molar refractivity (Wildman–Crippen MR) is 550 cm³/mol. The summed E-state index contributed by atoms with van der Waals surface area (Å²) in [7, 11) is 22.7.